The highest BCUT2D eigenvalue weighted by atomic mass is 16.1. The highest BCUT2D eigenvalue weighted by Crippen LogP contribution is 2.42. The summed E-state index contributed by atoms with van der Waals surface area (Å²) in [6.07, 6.45) is 3.70. The van der Waals surface area contributed by atoms with Gasteiger partial charge in [-0.05, 0) is 41.5 Å². The maximum atomic E-state index is 12.3. The first-order chi connectivity index (χ1) is 11.0. The Hall–Kier alpha value is -2.24. The number of carbonyl (C=O) groups excluding carboxylic acids is 1. The van der Waals surface area contributed by atoms with E-state index >= 15 is 0 Å². The fourth-order valence-electron chi connectivity index (χ4n) is 3.27. The van der Waals surface area contributed by atoms with E-state index < -0.39 is 0 Å². The number of carbonyl (C=O) groups is 1. The molecule has 1 aliphatic carbocycles. The first-order valence-electron chi connectivity index (χ1n) is 8.08. The van der Waals surface area contributed by atoms with Gasteiger partial charge >= 0.3 is 0 Å². The fraction of sp³-hybridized carbons (Fsp3) is 0.529. The summed E-state index contributed by atoms with van der Waals surface area (Å²) >= 11 is 0. The van der Waals surface area contributed by atoms with Gasteiger partial charge in [-0.15, -0.1) is 10.2 Å². The van der Waals surface area contributed by atoms with E-state index in [1.165, 1.54) is 24.1 Å². The number of benzene rings is 1. The Morgan fingerprint density at radius 1 is 1.35 bits per heavy atom. The monoisotopic (exact) mass is 313 g/mol. The number of rotatable bonds is 4. The van der Waals surface area contributed by atoms with Crippen LogP contribution in [0.5, 0.6) is 0 Å². The van der Waals surface area contributed by atoms with Crippen LogP contribution in [0.15, 0.2) is 24.3 Å². The van der Waals surface area contributed by atoms with Crippen molar-refractivity contribution in [1.82, 2.24) is 25.5 Å². The van der Waals surface area contributed by atoms with Crippen LogP contribution in [0.25, 0.3) is 11.4 Å². The van der Waals surface area contributed by atoms with Gasteiger partial charge in [-0.25, -0.2) is 0 Å². The lowest BCUT2D eigenvalue weighted by molar-refractivity contribution is 0.0937. The quantitative estimate of drug-likeness (QED) is 0.941. The van der Waals surface area contributed by atoms with Gasteiger partial charge in [0.25, 0.3) is 5.91 Å². The summed E-state index contributed by atoms with van der Waals surface area (Å²) in [6, 6.07) is 7.32. The molecule has 23 heavy (non-hydrogen) atoms. The molecule has 1 unspecified atom stereocenters. The molecule has 6 heteroatoms. The molecule has 1 atom stereocenters. The number of aromatic nitrogens is 4. The summed E-state index contributed by atoms with van der Waals surface area (Å²) in [5.74, 6) is 1.10. The normalized spacial score (nSPS) is 19.7. The number of amides is 1. The van der Waals surface area contributed by atoms with Crippen molar-refractivity contribution in [2.45, 2.75) is 33.1 Å². The van der Waals surface area contributed by atoms with Crippen LogP contribution in [-0.2, 0) is 7.05 Å². The summed E-state index contributed by atoms with van der Waals surface area (Å²) in [5.41, 5.74) is 1.84. The van der Waals surface area contributed by atoms with Gasteiger partial charge in [0.1, 0.15) is 0 Å². The van der Waals surface area contributed by atoms with Crippen molar-refractivity contribution < 1.29 is 4.79 Å². The molecular weight excluding hydrogens is 290 g/mol. The summed E-state index contributed by atoms with van der Waals surface area (Å²) in [7, 11) is 1.73. The minimum atomic E-state index is -0.0219. The molecule has 2 aromatic rings. The molecule has 1 saturated carbocycles. The van der Waals surface area contributed by atoms with Crippen LogP contribution < -0.4 is 5.32 Å². The fourth-order valence-corrected chi connectivity index (χ4v) is 3.27. The predicted octanol–water partition coefficient (Wildman–Crippen LogP) is 2.43. The van der Waals surface area contributed by atoms with Crippen molar-refractivity contribution in [1.29, 1.82) is 0 Å². The molecule has 0 radical (unpaired) electrons. The lowest BCUT2D eigenvalue weighted by Gasteiger charge is -2.27. The van der Waals surface area contributed by atoms with Crippen LogP contribution in [0.4, 0.5) is 0 Å². The first-order valence-corrected chi connectivity index (χ1v) is 8.08. The highest BCUT2D eigenvalue weighted by Gasteiger charge is 2.34. The van der Waals surface area contributed by atoms with Gasteiger partial charge in [0.2, 0.25) is 5.82 Å². The molecule has 1 fully saturated rings. The Morgan fingerprint density at radius 2 is 2.09 bits per heavy atom. The SMILES string of the molecule is Cn1nnc(-c2ccc(C(=O)NCC3CCCC3(C)C)cc2)n1. The number of tetrazole rings is 1. The summed E-state index contributed by atoms with van der Waals surface area (Å²) in [6.45, 7) is 5.33. The van der Waals surface area contributed by atoms with Crippen LogP contribution in [-0.4, -0.2) is 32.7 Å². The lowest BCUT2D eigenvalue weighted by atomic mass is 9.82. The topological polar surface area (TPSA) is 72.7 Å². The minimum absolute atomic E-state index is 0.0219. The molecule has 1 amide bonds. The van der Waals surface area contributed by atoms with E-state index in [1.54, 1.807) is 19.2 Å². The van der Waals surface area contributed by atoms with Gasteiger partial charge in [-0.2, -0.15) is 4.80 Å². The average molecular weight is 313 g/mol. The minimum Gasteiger partial charge on any atom is -0.352 e. The number of hydrogen-bond acceptors (Lipinski definition) is 4. The van der Waals surface area contributed by atoms with Crippen molar-refractivity contribution >= 4 is 5.91 Å². The zero-order chi connectivity index (χ0) is 16.4. The van der Waals surface area contributed by atoms with Crippen LogP contribution in [0.2, 0.25) is 0 Å². The third kappa shape index (κ3) is 3.41. The van der Waals surface area contributed by atoms with Gasteiger partial charge in [0.15, 0.2) is 0 Å². The van der Waals surface area contributed by atoms with Gasteiger partial charge in [-0.1, -0.05) is 32.4 Å². The number of nitrogens with zero attached hydrogens (tertiary/aromatic N) is 4. The standard InChI is InChI=1S/C17H23N5O/c1-17(2)10-4-5-14(17)11-18-16(23)13-8-6-12(7-9-13)15-19-21-22(3)20-15/h6-9,14H,4-5,10-11H2,1-3H3,(H,18,23). The van der Waals surface area contributed by atoms with Gasteiger partial charge in [0, 0.05) is 17.7 Å². The molecular formula is C17H23N5O. The second-order valence-corrected chi connectivity index (χ2v) is 6.97. The van der Waals surface area contributed by atoms with E-state index in [0.29, 0.717) is 22.7 Å². The van der Waals surface area contributed by atoms with E-state index in [9.17, 15) is 4.79 Å². The van der Waals surface area contributed by atoms with Crippen molar-refractivity contribution in [3.63, 3.8) is 0 Å². The van der Waals surface area contributed by atoms with Crippen LogP contribution in [0.1, 0.15) is 43.5 Å². The van der Waals surface area contributed by atoms with Crippen LogP contribution in [0, 0.1) is 11.3 Å². The molecule has 0 aliphatic heterocycles. The Labute approximate surface area is 136 Å². The van der Waals surface area contributed by atoms with Crippen molar-refractivity contribution in [3.05, 3.63) is 29.8 Å². The molecule has 1 aromatic carbocycles. The zero-order valence-corrected chi connectivity index (χ0v) is 13.9. The van der Waals surface area contributed by atoms with Crippen molar-refractivity contribution in [2.75, 3.05) is 6.54 Å². The Balaban J connectivity index is 1.62. The Bertz CT molecular complexity index is 689. The highest BCUT2D eigenvalue weighted by molar-refractivity contribution is 5.94. The second-order valence-electron chi connectivity index (χ2n) is 6.97. The van der Waals surface area contributed by atoms with Gasteiger partial charge in [-0.3, -0.25) is 4.79 Å². The van der Waals surface area contributed by atoms with E-state index in [0.717, 1.165) is 12.1 Å². The van der Waals surface area contributed by atoms with Crippen LogP contribution in [0.3, 0.4) is 0 Å². The third-order valence-electron chi connectivity index (χ3n) is 4.90. The summed E-state index contributed by atoms with van der Waals surface area (Å²) in [5, 5.41) is 15.0. The summed E-state index contributed by atoms with van der Waals surface area (Å²) in [4.78, 5) is 13.7. The molecule has 122 valence electrons. The predicted molar refractivity (Wildman–Crippen MR) is 87.7 cm³/mol. The average Bonchev–Trinajstić information content (AvgIpc) is 3.10. The molecule has 0 saturated heterocycles. The smallest absolute Gasteiger partial charge is 0.251 e. The van der Waals surface area contributed by atoms with Gasteiger partial charge in [0.05, 0.1) is 7.05 Å². The third-order valence-corrected chi connectivity index (χ3v) is 4.90. The number of hydrogen-bond donors (Lipinski definition) is 1. The number of aryl methyl sites for hydroxylation is 1. The molecule has 1 N–H and O–H groups in total. The van der Waals surface area contributed by atoms with E-state index in [1.807, 2.05) is 12.1 Å². The largest absolute Gasteiger partial charge is 0.352 e. The van der Waals surface area contributed by atoms with Crippen molar-refractivity contribution in [3.8, 4) is 11.4 Å². The maximum absolute atomic E-state index is 12.3. The molecule has 0 bridgehead atoms. The molecule has 3 rings (SSSR count). The Morgan fingerprint density at radius 3 is 2.65 bits per heavy atom. The van der Waals surface area contributed by atoms with E-state index in [-0.39, 0.29) is 5.91 Å². The van der Waals surface area contributed by atoms with E-state index in [4.69, 9.17) is 0 Å². The van der Waals surface area contributed by atoms with Gasteiger partial charge < -0.3 is 5.32 Å². The second kappa shape index (κ2) is 6.10. The van der Waals surface area contributed by atoms with Crippen LogP contribution >= 0.6 is 0 Å². The first kappa shape index (κ1) is 15.6. The summed E-state index contributed by atoms with van der Waals surface area (Å²) < 4.78 is 0. The molecule has 1 heterocycles. The molecule has 6 nitrogen and oxygen atoms in total. The Kier molecular flexibility index (Phi) is 4.15. The van der Waals surface area contributed by atoms with E-state index in [2.05, 4.69) is 34.6 Å². The lowest BCUT2D eigenvalue weighted by Crippen LogP contribution is -2.33. The molecule has 1 aromatic heterocycles. The maximum Gasteiger partial charge on any atom is 0.251 e. The number of nitrogens with one attached hydrogen (secondary N) is 1. The molecule has 0 spiro atoms. The zero-order valence-electron chi connectivity index (χ0n) is 13.9. The molecule has 1 aliphatic rings. The van der Waals surface area contributed by atoms with Crippen molar-refractivity contribution in [2.24, 2.45) is 18.4 Å².